The maximum atomic E-state index is 11.3. The number of rotatable bonds is 3. The van der Waals surface area contributed by atoms with Crippen LogP contribution in [0.5, 0.6) is 0 Å². The zero-order valence-electron chi connectivity index (χ0n) is 12.1. The molecule has 20 heavy (non-hydrogen) atoms. The third kappa shape index (κ3) is 2.72. The molecule has 0 saturated carbocycles. The van der Waals surface area contributed by atoms with E-state index in [-0.39, 0.29) is 5.69 Å². The molecular weight excluding hydrogens is 252 g/mol. The van der Waals surface area contributed by atoms with Crippen LogP contribution in [0.4, 0.5) is 5.69 Å². The molecule has 1 fully saturated rings. The van der Waals surface area contributed by atoms with Crippen LogP contribution in [0.2, 0.25) is 0 Å². The Morgan fingerprint density at radius 3 is 2.95 bits per heavy atom. The van der Waals surface area contributed by atoms with E-state index < -0.39 is 0 Å². The molecule has 1 aliphatic rings. The van der Waals surface area contributed by atoms with E-state index in [9.17, 15) is 4.79 Å². The molecule has 2 unspecified atom stereocenters. The molecule has 3 rings (SSSR count). The molecule has 2 atom stereocenters. The monoisotopic (exact) mass is 274 g/mol. The van der Waals surface area contributed by atoms with Crippen LogP contribution in [0.25, 0.3) is 11.0 Å². The summed E-state index contributed by atoms with van der Waals surface area (Å²) in [5.41, 5.74) is 2.62. The fourth-order valence-corrected chi connectivity index (χ4v) is 3.12. The molecule has 1 aromatic carbocycles. The third-order valence-corrected chi connectivity index (χ3v) is 4.28. The zero-order chi connectivity index (χ0) is 14.1. The first-order chi connectivity index (χ1) is 9.61. The minimum atomic E-state index is -0.154. The fourth-order valence-electron chi connectivity index (χ4n) is 3.12. The summed E-state index contributed by atoms with van der Waals surface area (Å²) in [6.45, 7) is 4.60. The lowest BCUT2D eigenvalue weighted by Crippen LogP contribution is -2.39. The van der Waals surface area contributed by atoms with Gasteiger partial charge in [-0.05, 0) is 57.5 Å². The number of hydrogen-bond acceptors (Lipinski definition) is 3. The van der Waals surface area contributed by atoms with E-state index in [1.165, 1.54) is 19.4 Å². The topological polar surface area (TPSA) is 63.9 Å². The summed E-state index contributed by atoms with van der Waals surface area (Å²) in [5.74, 6) is 0.676. The molecular formula is C15H22N4O. The third-order valence-electron chi connectivity index (χ3n) is 4.28. The van der Waals surface area contributed by atoms with Crippen LogP contribution in [0.1, 0.15) is 19.8 Å². The van der Waals surface area contributed by atoms with Crippen molar-refractivity contribution in [3.63, 3.8) is 0 Å². The highest BCUT2D eigenvalue weighted by molar-refractivity contribution is 5.78. The molecule has 0 aliphatic carbocycles. The Kier molecular flexibility index (Phi) is 3.53. The summed E-state index contributed by atoms with van der Waals surface area (Å²) in [6, 6.07) is 6.39. The minimum absolute atomic E-state index is 0.154. The number of piperidine rings is 1. The quantitative estimate of drug-likeness (QED) is 0.802. The Hall–Kier alpha value is -1.75. The number of nitrogens with zero attached hydrogens (tertiary/aromatic N) is 1. The van der Waals surface area contributed by atoms with E-state index >= 15 is 0 Å². The summed E-state index contributed by atoms with van der Waals surface area (Å²) >= 11 is 0. The number of imidazole rings is 1. The average Bonchev–Trinajstić information content (AvgIpc) is 2.78. The van der Waals surface area contributed by atoms with Gasteiger partial charge in [0.15, 0.2) is 0 Å². The van der Waals surface area contributed by atoms with Crippen molar-refractivity contribution < 1.29 is 0 Å². The Bertz CT molecular complexity index is 645. The van der Waals surface area contributed by atoms with E-state index in [4.69, 9.17) is 0 Å². The van der Waals surface area contributed by atoms with Gasteiger partial charge in [-0.25, -0.2) is 4.79 Å². The van der Waals surface area contributed by atoms with Crippen LogP contribution in [0, 0.1) is 5.92 Å². The number of likely N-dealkylation sites (tertiary alicyclic amines) is 1. The fraction of sp³-hybridized carbons (Fsp3) is 0.533. The lowest BCUT2D eigenvalue weighted by molar-refractivity contribution is 0.197. The molecule has 0 amide bonds. The van der Waals surface area contributed by atoms with E-state index in [0.717, 1.165) is 23.3 Å². The van der Waals surface area contributed by atoms with Gasteiger partial charge in [-0.15, -0.1) is 0 Å². The highest BCUT2D eigenvalue weighted by atomic mass is 16.1. The van der Waals surface area contributed by atoms with Crippen LogP contribution in [0.15, 0.2) is 23.0 Å². The van der Waals surface area contributed by atoms with Gasteiger partial charge in [-0.3, -0.25) is 0 Å². The average molecular weight is 274 g/mol. The number of nitrogens with one attached hydrogen (secondary N) is 3. The first-order valence-electron chi connectivity index (χ1n) is 7.29. The Labute approximate surface area is 118 Å². The van der Waals surface area contributed by atoms with Gasteiger partial charge in [0.2, 0.25) is 0 Å². The van der Waals surface area contributed by atoms with Crippen LogP contribution >= 0.6 is 0 Å². The van der Waals surface area contributed by atoms with Crippen molar-refractivity contribution in [2.75, 3.05) is 25.5 Å². The van der Waals surface area contributed by atoms with Gasteiger partial charge in [-0.1, -0.05) is 0 Å². The van der Waals surface area contributed by atoms with Gasteiger partial charge in [0.25, 0.3) is 0 Å². The second-order valence-corrected chi connectivity index (χ2v) is 5.94. The molecule has 5 nitrogen and oxygen atoms in total. The van der Waals surface area contributed by atoms with Crippen LogP contribution in [-0.4, -0.2) is 41.0 Å². The van der Waals surface area contributed by atoms with Crippen molar-refractivity contribution in [1.29, 1.82) is 0 Å². The Balaban J connectivity index is 1.73. The smallest absolute Gasteiger partial charge is 0.323 e. The molecule has 1 saturated heterocycles. The van der Waals surface area contributed by atoms with Crippen molar-refractivity contribution in [3.05, 3.63) is 28.7 Å². The summed E-state index contributed by atoms with van der Waals surface area (Å²) in [6.07, 6.45) is 2.55. The van der Waals surface area contributed by atoms with Crippen molar-refractivity contribution in [2.24, 2.45) is 5.92 Å². The van der Waals surface area contributed by atoms with Gasteiger partial charge in [0.1, 0.15) is 0 Å². The van der Waals surface area contributed by atoms with Gasteiger partial charge in [0, 0.05) is 18.3 Å². The SMILES string of the molecule is CC(Nc1ccc2[nH]c(=O)[nH]c2c1)C1CCCN(C)C1. The van der Waals surface area contributed by atoms with Crippen molar-refractivity contribution in [3.8, 4) is 0 Å². The number of fused-ring (bicyclic) bond motifs is 1. The molecule has 1 aliphatic heterocycles. The van der Waals surface area contributed by atoms with E-state index in [0.29, 0.717) is 12.0 Å². The van der Waals surface area contributed by atoms with Crippen LogP contribution < -0.4 is 11.0 Å². The number of hydrogen-bond donors (Lipinski definition) is 3. The summed E-state index contributed by atoms with van der Waals surface area (Å²) < 4.78 is 0. The molecule has 0 spiro atoms. The summed E-state index contributed by atoms with van der Waals surface area (Å²) in [7, 11) is 2.19. The van der Waals surface area contributed by atoms with Crippen LogP contribution in [0.3, 0.4) is 0 Å². The first kappa shape index (κ1) is 13.2. The molecule has 3 N–H and O–H groups in total. The Morgan fingerprint density at radius 2 is 2.15 bits per heavy atom. The largest absolute Gasteiger partial charge is 0.382 e. The number of H-pyrrole nitrogens is 2. The van der Waals surface area contributed by atoms with Gasteiger partial charge in [-0.2, -0.15) is 0 Å². The molecule has 0 bridgehead atoms. The van der Waals surface area contributed by atoms with Crippen molar-refractivity contribution in [1.82, 2.24) is 14.9 Å². The van der Waals surface area contributed by atoms with E-state index in [1.54, 1.807) is 0 Å². The number of aromatic nitrogens is 2. The van der Waals surface area contributed by atoms with E-state index in [2.05, 4.69) is 34.2 Å². The normalized spacial score (nSPS) is 22.0. The van der Waals surface area contributed by atoms with Gasteiger partial charge >= 0.3 is 5.69 Å². The maximum absolute atomic E-state index is 11.3. The van der Waals surface area contributed by atoms with Gasteiger partial charge in [0.05, 0.1) is 11.0 Å². The molecule has 108 valence electrons. The molecule has 2 aromatic rings. The zero-order valence-corrected chi connectivity index (χ0v) is 12.1. The molecule has 2 heterocycles. The minimum Gasteiger partial charge on any atom is -0.382 e. The molecule has 0 radical (unpaired) electrons. The molecule has 5 heteroatoms. The second-order valence-electron chi connectivity index (χ2n) is 5.94. The molecule has 1 aromatic heterocycles. The first-order valence-corrected chi connectivity index (χ1v) is 7.29. The predicted molar refractivity (Wildman–Crippen MR) is 82.2 cm³/mol. The standard InChI is InChI=1S/C15H22N4O/c1-10(11-4-3-7-19(2)9-11)16-12-5-6-13-14(8-12)18-15(20)17-13/h5-6,8,10-11,16H,3-4,7,9H2,1-2H3,(H2,17,18,20). The maximum Gasteiger partial charge on any atom is 0.323 e. The summed E-state index contributed by atoms with van der Waals surface area (Å²) in [4.78, 5) is 19.2. The predicted octanol–water partition coefficient (Wildman–Crippen LogP) is 2.00. The van der Waals surface area contributed by atoms with Crippen LogP contribution in [-0.2, 0) is 0 Å². The number of benzene rings is 1. The lowest BCUT2D eigenvalue weighted by atomic mass is 9.92. The summed E-state index contributed by atoms with van der Waals surface area (Å²) in [5, 5.41) is 3.57. The highest BCUT2D eigenvalue weighted by Gasteiger charge is 2.22. The van der Waals surface area contributed by atoms with E-state index in [1.807, 2.05) is 18.2 Å². The van der Waals surface area contributed by atoms with Crippen molar-refractivity contribution >= 4 is 16.7 Å². The highest BCUT2D eigenvalue weighted by Crippen LogP contribution is 2.22. The lowest BCUT2D eigenvalue weighted by Gasteiger charge is -2.34. The Morgan fingerprint density at radius 1 is 1.35 bits per heavy atom. The van der Waals surface area contributed by atoms with Crippen molar-refractivity contribution in [2.45, 2.75) is 25.8 Å². The second kappa shape index (κ2) is 5.32. The van der Waals surface area contributed by atoms with Gasteiger partial charge < -0.3 is 20.2 Å². The number of anilines is 1. The number of aromatic amines is 2.